The number of anilines is 3. The number of nitrogen functional groups attached to an aromatic ring is 1. The van der Waals surface area contributed by atoms with E-state index >= 15 is 0 Å². The quantitative estimate of drug-likeness (QED) is 0.661. The minimum atomic E-state index is 0.734. The standard InChI is InChI=1S/C16H14ClN3S/c1-10-7-12(17)5-6-14(10)19-16-20-15(9-21-16)11-3-2-4-13(18)8-11/h2-9H,18H2,1H3,(H,19,20). The maximum absolute atomic E-state index is 5.97. The second-order valence-corrected chi connectivity index (χ2v) is 6.04. The number of nitrogens with one attached hydrogen (secondary N) is 1. The Morgan fingerprint density at radius 2 is 2.05 bits per heavy atom. The zero-order chi connectivity index (χ0) is 14.8. The van der Waals surface area contributed by atoms with E-state index in [2.05, 4.69) is 10.3 Å². The highest BCUT2D eigenvalue weighted by molar-refractivity contribution is 7.14. The summed E-state index contributed by atoms with van der Waals surface area (Å²) in [5, 5.41) is 6.92. The van der Waals surface area contributed by atoms with Crippen LogP contribution in [-0.2, 0) is 0 Å². The van der Waals surface area contributed by atoms with E-state index in [1.807, 2.05) is 54.8 Å². The van der Waals surface area contributed by atoms with Crippen LogP contribution in [0.1, 0.15) is 5.56 Å². The number of halogens is 1. The maximum atomic E-state index is 5.97. The molecule has 0 unspecified atom stereocenters. The van der Waals surface area contributed by atoms with Gasteiger partial charge in [-0.25, -0.2) is 4.98 Å². The lowest BCUT2D eigenvalue weighted by atomic mass is 10.1. The summed E-state index contributed by atoms with van der Waals surface area (Å²) in [5.74, 6) is 0. The first-order valence-corrected chi connectivity index (χ1v) is 7.72. The average molecular weight is 316 g/mol. The summed E-state index contributed by atoms with van der Waals surface area (Å²) in [5.41, 5.74) is 10.6. The van der Waals surface area contributed by atoms with E-state index < -0.39 is 0 Å². The molecule has 0 bridgehead atoms. The molecule has 0 saturated heterocycles. The third-order valence-electron chi connectivity index (χ3n) is 3.12. The third-order valence-corrected chi connectivity index (χ3v) is 4.11. The minimum Gasteiger partial charge on any atom is -0.399 e. The van der Waals surface area contributed by atoms with Gasteiger partial charge in [-0.15, -0.1) is 11.3 Å². The van der Waals surface area contributed by atoms with Crippen molar-refractivity contribution in [3.8, 4) is 11.3 Å². The molecular weight excluding hydrogens is 302 g/mol. The van der Waals surface area contributed by atoms with Gasteiger partial charge in [-0.2, -0.15) is 0 Å². The van der Waals surface area contributed by atoms with Crippen molar-refractivity contribution in [2.24, 2.45) is 0 Å². The van der Waals surface area contributed by atoms with Crippen LogP contribution in [0, 0.1) is 6.92 Å². The molecule has 0 aliphatic heterocycles. The molecule has 1 heterocycles. The molecule has 0 aliphatic carbocycles. The molecule has 3 rings (SSSR count). The number of rotatable bonds is 3. The molecule has 3 aromatic rings. The second-order valence-electron chi connectivity index (χ2n) is 4.75. The number of nitrogens with two attached hydrogens (primary N) is 1. The first-order chi connectivity index (χ1) is 10.1. The van der Waals surface area contributed by atoms with Gasteiger partial charge in [0, 0.05) is 27.3 Å². The summed E-state index contributed by atoms with van der Waals surface area (Å²) < 4.78 is 0. The van der Waals surface area contributed by atoms with E-state index in [0.717, 1.165) is 38.3 Å². The van der Waals surface area contributed by atoms with E-state index in [1.165, 1.54) is 0 Å². The van der Waals surface area contributed by atoms with Crippen LogP contribution in [0.2, 0.25) is 5.02 Å². The molecule has 3 nitrogen and oxygen atoms in total. The second kappa shape index (κ2) is 5.76. The lowest BCUT2D eigenvalue weighted by Gasteiger charge is -2.06. The van der Waals surface area contributed by atoms with Gasteiger partial charge in [0.1, 0.15) is 0 Å². The van der Waals surface area contributed by atoms with Crippen molar-refractivity contribution in [2.75, 3.05) is 11.1 Å². The zero-order valence-electron chi connectivity index (χ0n) is 11.4. The Labute approximate surface area is 132 Å². The molecule has 3 N–H and O–H groups in total. The summed E-state index contributed by atoms with van der Waals surface area (Å²) >= 11 is 7.53. The first-order valence-electron chi connectivity index (χ1n) is 6.46. The number of hydrogen-bond acceptors (Lipinski definition) is 4. The lowest BCUT2D eigenvalue weighted by molar-refractivity contribution is 1.36. The summed E-state index contributed by atoms with van der Waals surface area (Å²) in [6.07, 6.45) is 0. The Morgan fingerprint density at radius 1 is 1.19 bits per heavy atom. The number of aryl methyl sites for hydroxylation is 1. The number of hydrogen-bond donors (Lipinski definition) is 2. The van der Waals surface area contributed by atoms with Crippen LogP contribution in [-0.4, -0.2) is 4.98 Å². The normalized spacial score (nSPS) is 10.6. The van der Waals surface area contributed by atoms with Crippen molar-refractivity contribution in [2.45, 2.75) is 6.92 Å². The SMILES string of the molecule is Cc1cc(Cl)ccc1Nc1nc(-c2cccc(N)c2)cs1. The molecule has 1 aromatic heterocycles. The van der Waals surface area contributed by atoms with Crippen LogP contribution in [0.5, 0.6) is 0 Å². The zero-order valence-corrected chi connectivity index (χ0v) is 13.0. The molecule has 2 aromatic carbocycles. The van der Waals surface area contributed by atoms with Crippen molar-refractivity contribution in [1.82, 2.24) is 4.98 Å². The van der Waals surface area contributed by atoms with Gasteiger partial charge in [-0.05, 0) is 42.8 Å². The monoisotopic (exact) mass is 315 g/mol. The number of benzene rings is 2. The summed E-state index contributed by atoms with van der Waals surface area (Å²) in [6.45, 7) is 2.01. The molecule has 5 heteroatoms. The van der Waals surface area contributed by atoms with Crippen molar-refractivity contribution < 1.29 is 0 Å². The van der Waals surface area contributed by atoms with E-state index in [-0.39, 0.29) is 0 Å². The molecular formula is C16H14ClN3S. The van der Waals surface area contributed by atoms with Crippen LogP contribution < -0.4 is 11.1 Å². The van der Waals surface area contributed by atoms with Gasteiger partial charge in [-0.1, -0.05) is 23.7 Å². The van der Waals surface area contributed by atoms with Crippen molar-refractivity contribution in [3.05, 3.63) is 58.4 Å². The highest BCUT2D eigenvalue weighted by Crippen LogP contribution is 2.29. The Morgan fingerprint density at radius 3 is 2.81 bits per heavy atom. The number of nitrogens with zero attached hydrogens (tertiary/aromatic N) is 1. The molecule has 0 amide bonds. The van der Waals surface area contributed by atoms with Crippen LogP contribution >= 0.6 is 22.9 Å². The number of aromatic nitrogens is 1. The summed E-state index contributed by atoms with van der Waals surface area (Å²) in [6, 6.07) is 13.5. The fourth-order valence-electron chi connectivity index (χ4n) is 2.04. The Kier molecular flexibility index (Phi) is 3.82. The van der Waals surface area contributed by atoms with Crippen LogP contribution in [0.25, 0.3) is 11.3 Å². The highest BCUT2D eigenvalue weighted by Gasteiger charge is 2.06. The van der Waals surface area contributed by atoms with E-state index in [0.29, 0.717) is 0 Å². The van der Waals surface area contributed by atoms with Crippen LogP contribution in [0.15, 0.2) is 47.8 Å². The summed E-state index contributed by atoms with van der Waals surface area (Å²) in [7, 11) is 0. The Hall–Kier alpha value is -2.04. The maximum Gasteiger partial charge on any atom is 0.187 e. The topological polar surface area (TPSA) is 50.9 Å². The number of thiazole rings is 1. The van der Waals surface area contributed by atoms with Gasteiger partial charge in [-0.3, -0.25) is 0 Å². The van der Waals surface area contributed by atoms with Crippen LogP contribution in [0.4, 0.5) is 16.5 Å². The van der Waals surface area contributed by atoms with Gasteiger partial charge < -0.3 is 11.1 Å². The molecule has 0 saturated carbocycles. The Bertz CT molecular complexity index is 783. The summed E-state index contributed by atoms with van der Waals surface area (Å²) in [4.78, 5) is 4.60. The molecule has 0 radical (unpaired) electrons. The predicted octanol–water partition coefficient (Wildman–Crippen LogP) is 5.10. The van der Waals surface area contributed by atoms with Crippen molar-refractivity contribution in [3.63, 3.8) is 0 Å². The fourth-order valence-corrected chi connectivity index (χ4v) is 3.00. The molecule has 0 atom stereocenters. The third kappa shape index (κ3) is 3.17. The van der Waals surface area contributed by atoms with Crippen molar-refractivity contribution in [1.29, 1.82) is 0 Å². The van der Waals surface area contributed by atoms with Crippen molar-refractivity contribution >= 4 is 39.4 Å². The van der Waals surface area contributed by atoms with E-state index in [1.54, 1.807) is 11.3 Å². The highest BCUT2D eigenvalue weighted by atomic mass is 35.5. The molecule has 0 aliphatic rings. The minimum absolute atomic E-state index is 0.734. The van der Waals surface area contributed by atoms with Gasteiger partial charge in [0.25, 0.3) is 0 Å². The van der Waals surface area contributed by atoms with Crippen LogP contribution in [0.3, 0.4) is 0 Å². The molecule has 106 valence electrons. The Balaban J connectivity index is 1.85. The van der Waals surface area contributed by atoms with Gasteiger partial charge >= 0.3 is 0 Å². The lowest BCUT2D eigenvalue weighted by Crippen LogP contribution is -1.92. The van der Waals surface area contributed by atoms with Gasteiger partial charge in [0.2, 0.25) is 0 Å². The van der Waals surface area contributed by atoms with Gasteiger partial charge in [0.15, 0.2) is 5.13 Å². The van der Waals surface area contributed by atoms with E-state index in [4.69, 9.17) is 17.3 Å². The molecule has 21 heavy (non-hydrogen) atoms. The largest absolute Gasteiger partial charge is 0.399 e. The van der Waals surface area contributed by atoms with E-state index in [9.17, 15) is 0 Å². The average Bonchev–Trinajstić information content (AvgIpc) is 2.91. The smallest absolute Gasteiger partial charge is 0.187 e. The predicted molar refractivity (Wildman–Crippen MR) is 91.4 cm³/mol. The van der Waals surface area contributed by atoms with Gasteiger partial charge in [0.05, 0.1) is 5.69 Å². The first kappa shape index (κ1) is 13.9. The molecule has 0 spiro atoms. The fraction of sp³-hybridized carbons (Fsp3) is 0.0625. The molecule has 0 fully saturated rings.